The fourth-order valence-electron chi connectivity index (χ4n) is 3.15. The topological polar surface area (TPSA) is 88.2 Å². The second-order valence-electron chi connectivity index (χ2n) is 6.53. The van der Waals surface area contributed by atoms with E-state index in [1.807, 2.05) is 18.2 Å². The van der Waals surface area contributed by atoms with Crippen LogP contribution in [0.15, 0.2) is 71.1 Å². The molecule has 0 atom stereocenters. The zero-order valence-electron chi connectivity index (χ0n) is 17.2. The van der Waals surface area contributed by atoms with E-state index in [0.29, 0.717) is 27.5 Å². The van der Waals surface area contributed by atoms with Crippen molar-refractivity contribution in [3.8, 4) is 11.8 Å². The Balaban J connectivity index is 1.91. The van der Waals surface area contributed by atoms with E-state index < -0.39 is 0 Å². The number of amides is 1. The summed E-state index contributed by atoms with van der Waals surface area (Å²) in [5.74, 6) is 0.384. The van der Waals surface area contributed by atoms with Gasteiger partial charge in [-0.2, -0.15) is 5.26 Å². The first-order chi connectivity index (χ1) is 15.1. The van der Waals surface area contributed by atoms with Crippen LogP contribution in [0.5, 0.6) is 5.75 Å². The maximum Gasteiger partial charge on any atom is 0.262 e. The quantitative estimate of drug-likeness (QED) is 0.290. The Morgan fingerprint density at radius 2 is 2.03 bits per heavy atom. The van der Waals surface area contributed by atoms with Crippen molar-refractivity contribution in [2.45, 2.75) is 18.1 Å². The standard InChI is InChI=1S/C23H22N4O3S/c1-3-14-27-22(29)17-9-4-5-10-18(17)25-23(27)31-16-21(28)26(15-8-13-24)19-11-6-7-12-20(19)30-2/h3-7,9-12H,1,8,14-16H2,2H3. The van der Waals surface area contributed by atoms with Gasteiger partial charge < -0.3 is 9.64 Å². The molecule has 3 aromatic rings. The number of carbonyl (C=O) groups is 1. The van der Waals surface area contributed by atoms with E-state index in [1.165, 1.54) is 28.3 Å². The molecule has 0 saturated carbocycles. The minimum Gasteiger partial charge on any atom is -0.495 e. The van der Waals surface area contributed by atoms with Crippen molar-refractivity contribution in [2.24, 2.45) is 0 Å². The van der Waals surface area contributed by atoms with Crippen LogP contribution >= 0.6 is 11.8 Å². The molecule has 8 heteroatoms. The summed E-state index contributed by atoms with van der Waals surface area (Å²) < 4.78 is 6.89. The molecule has 0 radical (unpaired) electrons. The van der Waals surface area contributed by atoms with Crippen LogP contribution < -0.4 is 15.2 Å². The van der Waals surface area contributed by atoms with Gasteiger partial charge in [-0.1, -0.05) is 42.1 Å². The van der Waals surface area contributed by atoms with Gasteiger partial charge in [0.25, 0.3) is 5.56 Å². The molecule has 1 amide bonds. The van der Waals surface area contributed by atoms with Crippen LogP contribution in [-0.2, 0) is 11.3 Å². The largest absolute Gasteiger partial charge is 0.495 e. The third-order valence-electron chi connectivity index (χ3n) is 4.59. The Labute approximate surface area is 184 Å². The zero-order valence-corrected chi connectivity index (χ0v) is 18.0. The normalized spacial score (nSPS) is 10.5. The molecule has 31 heavy (non-hydrogen) atoms. The number of aromatic nitrogens is 2. The molecule has 0 aliphatic carbocycles. The third-order valence-corrected chi connectivity index (χ3v) is 5.55. The molecule has 7 nitrogen and oxygen atoms in total. The van der Waals surface area contributed by atoms with Crippen LogP contribution in [0.4, 0.5) is 5.69 Å². The van der Waals surface area contributed by atoms with E-state index in [2.05, 4.69) is 17.6 Å². The number of nitrogens with zero attached hydrogens (tertiary/aromatic N) is 4. The van der Waals surface area contributed by atoms with Crippen molar-refractivity contribution in [1.29, 1.82) is 5.26 Å². The monoisotopic (exact) mass is 434 g/mol. The lowest BCUT2D eigenvalue weighted by molar-refractivity contribution is -0.116. The summed E-state index contributed by atoms with van der Waals surface area (Å²) >= 11 is 1.18. The highest BCUT2D eigenvalue weighted by Gasteiger charge is 2.20. The molecule has 2 aromatic carbocycles. The molecule has 0 saturated heterocycles. The summed E-state index contributed by atoms with van der Waals surface area (Å²) in [7, 11) is 1.54. The second-order valence-corrected chi connectivity index (χ2v) is 7.47. The summed E-state index contributed by atoms with van der Waals surface area (Å²) in [6.07, 6.45) is 1.81. The van der Waals surface area contributed by atoms with Crippen molar-refractivity contribution in [3.63, 3.8) is 0 Å². The first-order valence-electron chi connectivity index (χ1n) is 9.64. The van der Waals surface area contributed by atoms with Gasteiger partial charge in [0.05, 0.1) is 41.9 Å². The van der Waals surface area contributed by atoms with Crippen LogP contribution in [0.25, 0.3) is 10.9 Å². The van der Waals surface area contributed by atoms with E-state index in [1.54, 1.807) is 36.4 Å². The van der Waals surface area contributed by atoms with Gasteiger partial charge >= 0.3 is 0 Å². The number of methoxy groups -OCH3 is 1. The van der Waals surface area contributed by atoms with Crippen molar-refractivity contribution in [2.75, 3.05) is 24.3 Å². The Bertz CT molecular complexity index is 1200. The number of hydrogen-bond acceptors (Lipinski definition) is 6. The molecule has 0 N–H and O–H groups in total. The molecule has 0 fully saturated rings. The van der Waals surface area contributed by atoms with Gasteiger partial charge in [0.2, 0.25) is 5.91 Å². The number of carbonyl (C=O) groups excluding carboxylic acids is 1. The highest BCUT2D eigenvalue weighted by Crippen LogP contribution is 2.29. The summed E-state index contributed by atoms with van der Waals surface area (Å²) in [5.41, 5.74) is 1.00. The lowest BCUT2D eigenvalue weighted by atomic mass is 10.2. The van der Waals surface area contributed by atoms with Crippen LogP contribution in [0.1, 0.15) is 6.42 Å². The first kappa shape index (κ1) is 22.1. The fraction of sp³-hybridized carbons (Fsp3) is 0.217. The maximum absolute atomic E-state index is 13.1. The molecular formula is C23H22N4O3S. The Morgan fingerprint density at radius 3 is 2.77 bits per heavy atom. The smallest absolute Gasteiger partial charge is 0.262 e. The molecule has 0 spiro atoms. The number of hydrogen-bond donors (Lipinski definition) is 0. The van der Waals surface area contributed by atoms with Gasteiger partial charge in [0.15, 0.2) is 5.16 Å². The van der Waals surface area contributed by atoms with Crippen LogP contribution in [0.2, 0.25) is 0 Å². The van der Waals surface area contributed by atoms with Crippen LogP contribution in [0.3, 0.4) is 0 Å². The number of rotatable bonds is 9. The van der Waals surface area contributed by atoms with E-state index in [-0.39, 0.29) is 36.7 Å². The van der Waals surface area contributed by atoms with E-state index in [9.17, 15) is 9.59 Å². The second kappa shape index (κ2) is 10.5. The molecule has 0 aliphatic heterocycles. The van der Waals surface area contributed by atoms with Crippen LogP contribution in [-0.4, -0.2) is 34.9 Å². The van der Waals surface area contributed by atoms with Gasteiger partial charge in [-0.25, -0.2) is 4.98 Å². The SMILES string of the molecule is C=CCn1c(SCC(=O)N(CCC#N)c2ccccc2OC)nc2ccccc2c1=O. The number of allylic oxidation sites excluding steroid dienone is 1. The molecule has 0 aliphatic rings. The zero-order chi connectivity index (χ0) is 22.2. The Hall–Kier alpha value is -3.57. The van der Waals surface area contributed by atoms with Crippen molar-refractivity contribution < 1.29 is 9.53 Å². The molecule has 1 heterocycles. The molecule has 158 valence electrons. The summed E-state index contributed by atoms with van der Waals surface area (Å²) in [5, 5.41) is 9.98. The van der Waals surface area contributed by atoms with Crippen LogP contribution in [0, 0.1) is 11.3 Å². The number of fused-ring (bicyclic) bond motifs is 1. The van der Waals surface area contributed by atoms with E-state index in [0.717, 1.165) is 0 Å². The number of benzene rings is 2. The third kappa shape index (κ3) is 4.95. The highest BCUT2D eigenvalue weighted by atomic mass is 32.2. The van der Waals surface area contributed by atoms with E-state index >= 15 is 0 Å². The molecule has 3 rings (SSSR count). The number of para-hydroxylation sites is 3. The number of nitriles is 1. The van der Waals surface area contributed by atoms with Crippen molar-refractivity contribution >= 4 is 34.3 Å². The van der Waals surface area contributed by atoms with Gasteiger partial charge in [-0.05, 0) is 24.3 Å². The Kier molecular flexibility index (Phi) is 7.46. The van der Waals surface area contributed by atoms with Gasteiger partial charge in [-0.3, -0.25) is 14.2 Å². The highest BCUT2D eigenvalue weighted by molar-refractivity contribution is 7.99. The summed E-state index contributed by atoms with van der Waals surface area (Å²) in [6, 6.07) is 16.4. The molecule has 0 unspecified atom stereocenters. The van der Waals surface area contributed by atoms with Crippen molar-refractivity contribution in [1.82, 2.24) is 9.55 Å². The Morgan fingerprint density at radius 1 is 1.29 bits per heavy atom. The fourth-order valence-corrected chi connectivity index (χ4v) is 4.03. The molecule has 1 aromatic heterocycles. The average Bonchev–Trinajstić information content (AvgIpc) is 2.80. The van der Waals surface area contributed by atoms with Crippen molar-refractivity contribution in [3.05, 3.63) is 71.5 Å². The lowest BCUT2D eigenvalue weighted by Gasteiger charge is -2.23. The minimum absolute atomic E-state index is 0.0470. The molecular weight excluding hydrogens is 412 g/mol. The summed E-state index contributed by atoms with van der Waals surface area (Å²) in [6.45, 7) is 4.24. The van der Waals surface area contributed by atoms with Gasteiger partial charge in [0.1, 0.15) is 5.75 Å². The number of anilines is 1. The average molecular weight is 435 g/mol. The number of thioether (sulfide) groups is 1. The summed E-state index contributed by atoms with van der Waals surface area (Å²) in [4.78, 5) is 32.1. The number of ether oxygens (including phenoxy) is 1. The molecule has 0 bridgehead atoms. The van der Waals surface area contributed by atoms with E-state index in [4.69, 9.17) is 10.00 Å². The van der Waals surface area contributed by atoms with Gasteiger partial charge in [0, 0.05) is 13.1 Å². The lowest BCUT2D eigenvalue weighted by Crippen LogP contribution is -2.34. The first-order valence-corrected chi connectivity index (χ1v) is 10.6. The van der Waals surface area contributed by atoms with Gasteiger partial charge in [-0.15, -0.1) is 6.58 Å². The predicted octanol–water partition coefficient (Wildman–Crippen LogP) is 3.63. The maximum atomic E-state index is 13.1. The minimum atomic E-state index is -0.211. The predicted molar refractivity (Wildman–Crippen MR) is 123 cm³/mol.